The lowest BCUT2D eigenvalue weighted by Gasteiger charge is -2.01. The van der Waals surface area contributed by atoms with Crippen molar-refractivity contribution in [3.05, 3.63) is 46.6 Å². The molecule has 5 nitrogen and oxygen atoms in total. The first-order valence-corrected chi connectivity index (χ1v) is 7.46. The van der Waals surface area contributed by atoms with Crippen LogP contribution in [0.2, 0.25) is 0 Å². The van der Waals surface area contributed by atoms with Crippen LogP contribution >= 0.6 is 11.3 Å². The van der Waals surface area contributed by atoms with Crippen LogP contribution in [0.15, 0.2) is 30.5 Å². The first-order valence-electron chi connectivity index (χ1n) is 6.65. The first-order chi connectivity index (χ1) is 10.1. The zero-order chi connectivity index (χ0) is 14.8. The molecule has 108 valence electrons. The predicted octanol–water partition coefficient (Wildman–Crippen LogP) is 3.29. The number of hydrogen-bond donors (Lipinski definition) is 3. The highest BCUT2D eigenvalue weighted by atomic mass is 32.1. The second-order valence-corrected chi connectivity index (χ2v) is 5.77. The van der Waals surface area contributed by atoms with Gasteiger partial charge in [-0.3, -0.25) is 0 Å². The number of nitrogens with zero attached hydrogens (tertiary/aromatic N) is 1. The van der Waals surface area contributed by atoms with E-state index < -0.39 is 5.97 Å². The van der Waals surface area contributed by atoms with Crippen LogP contribution in [0.5, 0.6) is 0 Å². The fourth-order valence-corrected chi connectivity index (χ4v) is 3.14. The van der Waals surface area contributed by atoms with Gasteiger partial charge in [0.25, 0.3) is 0 Å². The number of carbonyl (C=O) groups is 1. The Bertz CT molecular complexity index is 791. The van der Waals surface area contributed by atoms with E-state index >= 15 is 0 Å². The van der Waals surface area contributed by atoms with Gasteiger partial charge < -0.3 is 15.4 Å². The van der Waals surface area contributed by atoms with Crippen LogP contribution in [0, 0.1) is 6.92 Å². The van der Waals surface area contributed by atoms with Crippen molar-refractivity contribution < 1.29 is 9.90 Å². The highest BCUT2D eigenvalue weighted by Gasteiger charge is 2.13. The third kappa shape index (κ3) is 2.75. The Labute approximate surface area is 125 Å². The molecule has 0 spiro atoms. The standard InChI is InChI=1S/C15H15N3O2S/c1-9-13(14(19)20)21-15(18-9)16-7-6-10-8-17-12-5-3-2-4-11(10)12/h2-5,8,17H,6-7H2,1H3,(H,16,18)(H,19,20). The SMILES string of the molecule is Cc1nc(NCCc2c[nH]c3ccccc23)sc1C(=O)O. The molecule has 0 fully saturated rings. The maximum atomic E-state index is 11.0. The highest BCUT2D eigenvalue weighted by molar-refractivity contribution is 7.17. The molecule has 0 unspecified atom stereocenters. The first kappa shape index (κ1) is 13.6. The van der Waals surface area contributed by atoms with Crippen LogP contribution in [-0.2, 0) is 6.42 Å². The summed E-state index contributed by atoms with van der Waals surface area (Å²) in [7, 11) is 0. The number of hydrogen-bond acceptors (Lipinski definition) is 4. The molecule has 0 aliphatic carbocycles. The summed E-state index contributed by atoms with van der Waals surface area (Å²) in [6, 6.07) is 8.18. The van der Waals surface area contributed by atoms with Crippen LogP contribution in [0.25, 0.3) is 10.9 Å². The smallest absolute Gasteiger partial charge is 0.347 e. The minimum atomic E-state index is -0.922. The van der Waals surface area contributed by atoms with Crippen molar-refractivity contribution in [3.8, 4) is 0 Å². The van der Waals surface area contributed by atoms with E-state index in [2.05, 4.69) is 27.4 Å². The summed E-state index contributed by atoms with van der Waals surface area (Å²) in [5.74, 6) is -0.922. The average Bonchev–Trinajstić information content (AvgIpc) is 3.03. The molecule has 3 rings (SSSR count). The molecule has 1 aromatic carbocycles. The second kappa shape index (κ2) is 5.57. The van der Waals surface area contributed by atoms with Crippen molar-refractivity contribution in [3.63, 3.8) is 0 Å². The number of nitrogens with one attached hydrogen (secondary N) is 2. The molecule has 0 atom stereocenters. The fourth-order valence-electron chi connectivity index (χ4n) is 2.31. The number of rotatable bonds is 5. The van der Waals surface area contributed by atoms with Gasteiger partial charge in [0.2, 0.25) is 0 Å². The van der Waals surface area contributed by atoms with E-state index in [1.165, 1.54) is 22.3 Å². The molecule has 2 aromatic heterocycles. The van der Waals surface area contributed by atoms with E-state index in [0.29, 0.717) is 22.2 Å². The molecular weight excluding hydrogens is 286 g/mol. The van der Waals surface area contributed by atoms with Gasteiger partial charge in [0, 0.05) is 23.6 Å². The van der Waals surface area contributed by atoms with Crippen molar-refractivity contribution in [1.29, 1.82) is 0 Å². The van der Waals surface area contributed by atoms with E-state index in [-0.39, 0.29) is 0 Å². The Kier molecular flexibility index (Phi) is 3.62. The number of aromatic amines is 1. The number of carboxylic acid groups (broad SMARTS) is 1. The van der Waals surface area contributed by atoms with Crippen molar-refractivity contribution >= 4 is 33.3 Å². The van der Waals surface area contributed by atoms with Crippen LogP contribution in [0.3, 0.4) is 0 Å². The number of para-hydroxylation sites is 1. The van der Waals surface area contributed by atoms with E-state index in [0.717, 1.165) is 11.9 Å². The van der Waals surface area contributed by atoms with Gasteiger partial charge in [-0.15, -0.1) is 0 Å². The number of aromatic nitrogens is 2. The molecule has 3 N–H and O–H groups in total. The number of carboxylic acids is 1. The summed E-state index contributed by atoms with van der Waals surface area (Å²) in [6.45, 7) is 2.43. The molecule has 0 radical (unpaired) electrons. The van der Waals surface area contributed by atoms with Crippen LogP contribution in [0.1, 0.15) is 20.9 Å². The Morgan fingerprint density at radius 1 is 1.43 bits per heavy atom. The van der Waals surface area contributed by atoms with Gasteiger partial charge in [-0.1, -0.05) is 29.5 Å². The highest BCUT2D eigenvalue weighted by Crippen LogP contribution is 2.23. The number of fused-ring (bicyclic) bond motifs is 1. The van der Waals surface area contributed by atoms with Crippen molar-refractivity contribution in [2.75, 3.05) is 11.9 Å². The molecule has 2 heterocycles. The summed E-state index contributed by atoms with van der Waals surface area (Å²) in [6.07, 6.45) is 2.87. The quantitative estimate of drug-likeness (QED) is 0.676. The van der Waals surface area contributed by atoms with E-state index in [1.54, 1.807) is 6.92 Å². The maximum Gasteiger partial charge on any atom is 0.347 e. The molecule has 0 saturated heterocycles. The minimum absolute atomic E-state index is 0.296. The lowest BCUT2D eigenvalue weighted by atomic mass is 10.1. The fraction of sp³-hybridized carbons (Fsp3) is 0.200. The number of aryl methyl sites for hydroxylation is 1. The van der Waals surface area contributed by atoms with Gasteiger partial charge >= 0.3 is 5.97 Å². The Hall–Kier alpha value is -2.34. The second-order valence-electron chi connectivity index (χ2n) is 4.77. The van der Waals surface area contributed by atoms with Gasteiger partial charge in [-0.2, -0.15) is 0 Å². The van der Waals surface area contributed by atoms with E-state index in [9.17, 15) is 4.79 Å². The minimum Gasteiger partial charge on any atom is -0.477 e. The summed E-state index contributed by atoms with van der Waals surface area (Å²) in [5.41, 5.74) is 2.93. The molecule has 0 bridgehead atoms. The molecule has 0 aliphatic heterocycles. The number of aromatic carboxylic acids is 1. The van der Waals surface area contributed by atoms with Gasteiger partial charge in [0.05, 0.1) is 5.69 Å². The van der Waals surface area contributed by atoms with Crippen molar-refractivity contribution in [2.45, 2.75) is 13.3 Å². The molecule has 0 aliphatic rings. The normalized spacial score (nSPS) is 10.9. The molecule has 6 heteroatoms. The van der Waals surface area contributed by atoms with Crippen LogP contribution < -0.4 is 5.32 Å². The lowest BCUT2D eigenvalue weighted by Crippen LogP contribution is -2.04. The molecule has 3 aromatic rings. The van der Waals surface area contributed by atoms with E-state index in [1.807, 2.05) is 18.3 Å². The third-order valence-corrected chi connectivity index (χ3v) is 4.44. The molecular formula is C15H15N3O2S. The largest absolute Gasteiger partial charge is 0.477 e. The van der Waals surface area contributed by atoms with E-state index in [4.69, 9.17) is 5.11 Å². The average molecular weight is 301 g/mol. The topological polar surface area (TPSA) is 78.0 Å². The number of thiazole rings is 1. The van der Waals surface area contributed by atoms with Crippen molar-refractivity contribution in [1.82, 2.24) is 9.97 Å². The predicted molar refractivity (Wildman–Crippen MR) is 84.3 cm³/mol. The summed E-state index contributed by atoms with van der Waals surface area (Å²) < 4.78 is 0. The summed E-state index contributed by atoms with van der Waals surface area (Å²) in [4.78, 5) is 18.8. The Morgan fingerprint density at radius 2 is 2.24 bits per heavy atom. The van der Waals surface area contributed by atoms with Crippen LogP contribution in [-0.4, -0.2) is 27.6 Å². The van der Waals surface area contributed by atoms with Gasteiger partial charge in [-0.25, -0.2) is 9.78 Å². The summed E-state index contributed by atoms with van der Waals surface area (Å²) >= 11 is 1.18. The molecule has 21 heavy (non-hydrogen) atoms. The van der Waals surface area contributed by atoms with Gasteiger partial charge in [-0.05, 0) is 25.0 Å². The van der Waals surface area contributed by atoms with Gasteiger partial charge in [0.1, 0.15) is 4.88 Å². The summed E-state index contributed by atoms with van der Waals surface area (Å²) in [5, 5.41) is 14.1. The monoisotopic (exact) mass is 301 g/mol. The number of H-pyrrole nitrogens is 1. The maximum absolute atomic E-state index is 11.0. The Balaban J connectivity index is 1.66. The molecule has 0 saturated carbocycles. The number of anilines is 1. The number of benzene rings is 1. The zero-order valence-electron chi connectivity index (χ0n) is 11.5. The Morgan fingerprint density at radius 3 is 3.00 bits per heavy atom. The molecule has 0 amide bonds. The van der Waals surface area contributed by atoms with Gasteiger partial charge in [0.15, 0.2) is 5.13 Å². The van der Waals surface area contributed by atoms with Crippen molar-refractivity contribution in [2.24, 2.45) is 0 Å². The lowest BCUT2D eigenvalue weighted by molar-refractivity contribution is 0.0701. The third-order valence-electron chi connectivity index (χ3n) is 3.34. The van der Waals surface area contributed by atoms with Crippen LogP contribution in [0.4, 0.5) is 5.13 Å². The zero-order valence-corrected chi connectivity index (χ0v) is 12.3.